The Labute approximate surface area is 106 Å². The lowest BCUT2D eigenvalue weighted by Crippen LogP contribution is -2.27. The standard InChI is InChI=1S/C13H16Cl2O/c1-13(16,7-9-2-3-9)8-10-4-5-11(14)12(15)6-10/h4-6,9,16H,2-3,7-8H2,1H3. The van der Waals surface area contributed by atoms with Crippen LogP contribution in [0.15, 0.2) is 18.2 Å². The molecule has 3 heteroatoms. The SMILES string of the molecule is CC(O)(Cc1ccc(Cl)c(Cl)c1)CC1CC1. The number of hydrogen-bond acceptors (Lipinski definition) is 1. The third-order valence-corrected chi connectivity index (χ3v) is 3.73. The summed E-state index contributed by atoms with van der Waals surface area (Å²) in [7, 11) is 0. The summed E-state index contributed by atoms with van der Waals surface area (Å²) < 4.78 is 0. The molecule has 0 spiro atoms. The van der Waals surface area contributed by atoms with Gasteiger partial charge >= 0.3 is 0 Å². The zero-order chi connectivity index (χ0) is 11.8. The molecule has 1 aromatic carbocycles. The van der Waals surface area contributed by atoms with E-state index >= 15 is 0 Å². The highest BCUT2D eigenvalue weighted by Gasteiger charge is 2.31. The Morgan fingerprint density at radius 1 is 1.31 bits per heavy atom. The number of rotatable bonds is 4. The molecule has 1 unspecified atom stereocenters. The van der Waals surface area contributed by atoms with E-state index in [0.717, 1.165) is 17.9 Å². The summed E-state index contributed by atoms with van der Waals surface area (Å²) in [6.45, 7) is 1.90. The van der Waals surface area contributed by atoms with Gasteiger partial charge in [-0.3, -0.25) is 0 Å². The van der Waals surface area contributed by atoms with E-state index < -0.39 is 5.60 Å². The molecule has 1 aliphatic carbocycles. The van der Waals surface area contributed by atoms with Gasteiger partial charge < -0.3 is 5.11 Å². The molecule has 2 rings (SSSR count). The minimum atomic E-state index is -0.627. The van der Waals surface area contributed by atoms with Crippen LogP contribution in [0, 0.1) is 5.92 Å². The predicted octanol–water partition coefficient (Wildman–Crippen LogP) is 4.09. The fourth-order valence-electron chi connectivity index (χ4n) is 2.11. The van der Waals surface area contributed by atoms with Crippen molar-refractivity contribution >= 4 is 23.2 Å². The molecule has 1 atom stereocenters. The molecule has 1 N–H and O–H groups in total. The normalized spacial score (nSPS) is 19.5. The third kappa shape index (κ3) is 3.38. The monoisotopic (exact) mass is 258 g/mol. The zero-order valence-electron chi connectivity index (χ0n) is 9.34. The molecule has 16 heavy (non-hydrogen) atoms. The fraction of sp³-hybridized carbons (Fsp3) is 0.538. The van der Waals surface area contributed by atoms with E-state index in [1.165, 1.54) is 12.8 Å². The number of benzene rings is 1. The van der Waals surface area contributed by atoms with Gasteiger partial charge in [-0.2, -0.15) is 0 Å². The second-order valence-electron chi connectivity index (χ2n) is 5.07. The number of aliphatic hydroxyl groups is 1. The maximum atomic E-state index is 10.3. The van der Waals surface area contributed by atoms with Crippen LogP contribution in [0.2, 0.25) is 10.0 Å². The fourth-order valence-corrected chi connectivity index (χ4v) is 2.43. The van der Waals surface area contributed by atoms with E-state index in [0.29, 0.717) is 16.5 Å². The van der Waals surface area contributed by atoms with Gasteiger partial charge in [-0.25, -0.2) is 0 Å². The molecule has 1 aromatic rings. The van der Waals surface area contributed by atoms with Crippen molar-refractivity contribution in [3.05, 3.63) is 33.8 Å². The predicted molar refractivity (Wildman–Crippen MR) is 68.1 cm³/mol. The summed E-state index contributed by atoms with van der Waals surface area (Å²) in [5.74, 6) is 0.720. The van der Waals surface area contributed by atoms with Gasteiger partial charge in [0.15, 0.2) is 0 Å². The molecular weight excluding hydrogens is 243 g/mol. The van der Waals surface area contributed by atoms with E-state index in [1.54, 1.807) is 6.07 Å². The number of halogens is 2. The molecule has 0 radical (unpaired) electrons. The van der Waals surface area contributed by atoms with Crippen LogP contribution in [0.4, 0.5) is 0 Å². The van der Waals surface area contributed by atoms with Gasteiger partial charge in [-0.15, -0.1) is 0 Å². The summed E-state index contributed by atoms with van der Waals surface area (Å²) in [4.78, 5) is 0. The van der Waals surface area contributed by atoms with Crippen molar-refractivity contribution in [2.75, 3.05) is 0 Å². The molecule has 0 heterocycles. The van der Waals surface area contributed by atoms with Crippen LogP contribution in [-0.2, 0) is 6.42 Å². The first-order chi connectivity index (χ1) is 7.46. The van der Waals surface area contributed by atoms with E-state index in [9.17, 15) is 5.11 Å². The van der Waals surface area contributed by atoms with Gasteiger partial charge in [-0.1, -0.05) is 42.1 Å². The molecular formula is C13H16Cl2O. The highest BCUT2D eigenvalue weighted by molar-refractivity contribution is 6.42. The average molecular weight is 259 g/mol. The Bertz CT molecular complexity index is 384. The molecule has 1 saturated carbocycles. The van der Waals surface area contributed by atoms with Crippen molar-refractivity contribution in [1.29, 1.82) is 0 Å². The third-order valence-electron chi connectivity index (χ3n) is 2.99. The molecule has 0 aliphatic heterocycles. The van der Waals surface area contributed by atoms with Gasteiger partial charge in [0.25, 0.3) is 0 Å². The van der Waals surface area contributed by atoms with Gasteiger partial charge in [-0.05, 0) is 37.0 Å². The van der Waals surface area contributed by atoms with Crippen molar-refractivity contribution in [2.45, 2.75) is 38.2 Å². The quantitative estimate of drug-likeness (QED) is 0.863. The van der Waals surface area contributed by atoms with E-state index in [2.05, 4.69) is 0 Å². The average Bonchev–Trinajstić information content (AvgIpc) is 2.94. The first kappa shape index (κ1) is 12.2. The van der Waals surface area contributed by atoms with Crippen LogP contribution < -0.4 is 0 Å². The smallest absolute Gasteiger partial charge is 0.0662 e. The van der Waals surface area contributed by atoms with Crippen LogP contribution in [0.1, 0.15) is 31.7 Å². The Morgan fingerprint density at radius 2 is 2.00 bits per heavy atom. The minimum absolute atomic E-state index is 0.557. The van der Waals surface area contributed by atoms with Crippen molar-refractivity contribution in [2.24, 2.45) is 5.92 Å². The van der Waals surface area contributed by atoms with Gasteiger partial charge in [0.05, 0.1) is 15.6 Å². The van der Waals surface area contributed by atoms with Crippen LogP contribution in [0.3, 0.4) is 0 Å². The molecule has 0 amide bonds. The van der Waals surface area contributed by atoms with Crippen LogP contribution in [-0.4, -0.2) is 10.7 Å². The maximum Gasteiger partial charge on any atom is 0.0662 e. The van der Waals surface area contributed by atoms with E-state index in [1.807, 2.05) is 19.1 Å². The lowest BCUT2D eigenvalue weighted by Gasteiger charge is -2.23. The first-order valence-electron chi connectivity index (χ1n) is 5.63. The van der Waals surface area contributed by atoms with Gasteiger partial charge in [0.2, 0.25) is 0 Å². The van der Waals surface area contributed by atoms with Crippen molar-refractivity contribution in [3.63, 3.8) is 0 Å². The molecule has 1 aliphatic rings. The summed E-state index contributed by atoms with van der Waals surface area (Å²) in [6, 6.07) is 5.55. The van der Waals surface area contributed by atoms with Crippen molar-refractivity contribution < 1.29 is 5.11 Å². The molecule has 0 aromatic heterocycles. The summed E-state index contributed by atoms with van der Waals surface area (Å²) in [5.41, 5.74) is 0.415. The number of hydrogen-bond donors (Lipinski definition) is 1. The van der Waals surface area contributed by atoms with E-state index in [-0.39, 0.29) is 0 Å². The van der Waals surface area contributed by atoms with Crippen LogP contribution in [0.5, 0.6) is 0 Å². The summed E-state index contributed by atoms with van der Waals surface area (Å²) in [6.07, 6.45) is 4.04. The van der Waals surface area contributed by atoms with Gasteiger partial charge in [0.1, 0.15) is 0 Å². The second-order valence-corrected chi connectivity index (χ2v) is 5.88. The summed E-state index contributed by atoms with van der Waals surface area (Å²) in [5, 5.41) is 11.4. The highest BCUT2D eigenvalue weighted by Crippen LogP contribution is 2.38. The Kier molecular flexibility index (Phi) is 3.48. The van der Waals surface area contributed by atoms with Crippen molar-refractivity contribution in [3.8, 4) is 0 Å². The Balaban J connectivity index is 2.03. The zero-order valence-corrected chi connectivity index (χ0v) is 10.9. The molecule has 1 nitrogen and oxygen atoms in total. The topological polar surface area (TPSA) is 20.2 Å². The molecule has 0 bridgehead atoms. The Morgan fingerprint density at radius 3 is 2.56 bits per heavy atom. The minimum Gasteiger partial charge on any atom is -0.390 e. The molecule has 0 saturated heterocycles. The second kappa shape index (κ2) is 4.56. The molecule has 1 fully saturated rings. The summed E-state index contributed by atoms with van der Waals surface area (Å²) >= 11 is 11.8. The maximum absolute atomic E-state index is 10.3. The lowest BCUT2D eigenvalue weighted by atomic mass is 9.91. The van der Waals surface area contributed by atoms with E-state index in [4.69, 9.17) is 23.2 Å². The van der Waals surface area contributed by atoms with Crippen LogP contribution in [0.25, 0.3) is 0 Å². The first-order valence-corrected chi connectivity index (χ1v) is 6.38. The molecule has 88 valence electrons. The largest absolute Gasteiger partial charge is 0.390 e. The van der Waals surface area contributed by atoms with Crippen molar-refractivity contribution in [1.82, 2.24) is 0 Å². The van der Waals surface area contributed by atoms with Crippen LogP contribution >= 0.6 is 23.2 Å². The lowest BCUT2D eigenvalue weighted by molar-refractivity contribution is 0.0455. The Hall–Kier alpha value is -0.240. The highest BCUT2D eigenvalue weighted by atomic mass is 35.5. The van der Waals surface area contributed by atoms with Gasteiger partial charge in [0, 0.05) is 6.42 Å².